The second-order valence-corrected chi connectivity index (χ2v) is 6.62. The number of carbonyl (C=O) groups excluding carboxylic acids is 1. The van der Waals surface area contributed by atoms with Gasteiger partial charge in [-0.25, -0.2) is 4.85 Å². The highest BCUT2D eigenvalue weighted by molar-refractivity contribution is 7.59. The number of hydrogen-bond donors (Lipinski definition) is 1. The molecule has 0 bridgehead atoms. The highest BCUT2D eigenvalue weighted by Gasteiger charge is 2.48. The molecule has 0 aromatic heterocycles. The van der Waals surface area contributed by atoms with Gasteiger partial charge in [0.05, 0.1) is 12.6 Å². The van der Waals surface area contributed by atoms with Crippen molar-refractivity contribution in [2.75, 3.05) is 0 Å². The maximum absolute atomic E-state index is 12.3. The fraction of sp³-hybridized carbons (Fsp3) is 0.529. The van der Waals surface area contributed by atoms with Crippen LogP contribution in [0.1, 0.15) is 45.2 Å². The van der Waals surface area contributed by atoms with Crippen molar-refractivity contribution in [3.05, 3.63) is 35.2 Å². The van der Waals surface area contributed by atoms with Crippen LogP contribution < -0.4 is 4.74 Å². The first-order valence-electron chi connectivity index (χ1n) is 7.55. The lowest BCUT2D eigenvalue weighted by molar-refractivity contribution is -0.142. The first-order chi connectivity index (χ1) is 10.3. The van der Waals surface area contributed by atoms with Crippen LogP contribution in [0.3, 0.4) is 0 Å². The van der Waals surface area contributed by atoms with Crippen LogP contribution in [0.2, 0.25) is 0 Å². The number of rotatable bonds is 1. The zero-order valence-corrected chi connectivity index (χ0v) is 14.5. The summed E-state index contributed by atoms with van der Waals surface area (Å²) in [5.74, 6) is 0.688. The van der Waals surface area contributed by atoms with Crippen molar-refractivity contribution >= 4 is 25.1 Å². The summed E-state index contributed by atoms with van der Waals surface area (Å²) in [7, 11) is 0. The maximum atomic E-state index is 12.3. The summed E-state index contributed by atoms with van der Waals surface area (Å²) in [5.41, 5.74) is 0.417. The first kappa shape index (κ1) is 17.6. The zero-order valence-electron chi connectivity index (χ0n) is 13.5. The predicted octanol–water partition coefficient (Wildman–Crippen LogP) is 2.93. The molecule has 3 atom stereocenters. The monoisotopic (exact) mass is 334 g/mol. The second-order valence-electron chi connectivity index (χ2n) is 6.62. The Bertz CT molecular complexity index is 668. The molecule has 2 aliphatic rings. The van der Waals surface area contributed by atoms with E-state index in [1.54, 1.807) is 23.1 Å². The number of hydrogen-bond acceptors (Lipinski definition) is 3. The summed E-state index contributed by atoms with van der Waals surface area (Å²) in [6.45, 7) is 12.8. The molecule has 1 saturated heterocycles. The summed E-state index contributed by atoms with van der Waals surface area (Å²) < 4.78 is 5.90. The van der Waals surface area contributed by atoms with Gasteiger partial charge in [-0.15, -0.1) is 0 Å². The third-order valence-electron chi connectivity index (χ3n) is 4.66. The number of aliphatic hydroxyl groups excluding tert-OH is 1. The Hall–Kier alpha value is -1.71. The molecule has 6 heteroatoms. The standard InChI is InChI=1S/C17H20N2O3.H2S/c1-10-5-8-14(20)19(10)15-12-9-11(18-4)6-7-13(12)22-17(2,3)16(15)21;/h6-7,9-10,15-16,21H,5,8H2,1-3H3;1H2/t10-,15?,16-;/m1./s1. The van der Waals surface area contributed by atoms with Crippen LogP contribution in [-0.4, -0.2) is 33.7 Å². The Balaban J connectivity index is 0.00000192. The molecule has 23 heavy (non-hydrogen) atoms. The summed E-state index contributed by atoms with van der Waals surface area (Å²) in [6, 6.07) is 4.79. The molecule has 2 heterocycles. The van der Waals surface area contributed by atoms with Gasteiger partial charge in [-0.1, -0.05) is 6.07 Å². The van der Waals surface area contributed by atoms with Gasteiger partial charge in [0.1, 0.15) is 17.5 Å². The normalized spacial score (nSPS) is 28.4. The van der Waals surface area contributed by atoms with Crippen LogP contribution in [0.4, 0.5) is 5.69 Å². The Morgan fingerprint density at radius 2 is 2.13 bits per heavy atom. The molecular formula is C17H22N2O3S. The number of fused-ring (bicyclic) bond motifs is 1. The van der Waals surface area contributed by atoms with E-state index in [0.29, 0.717) is 17.9 Å². The highest BCUT2D eigenvalue weighted by Crippen LogP contribution is 2.46. The van der Waals surface area contributed by atoms with E-state index in [4.69, 9.17) is 11.3 Å². The van der Waals surface area contributed by atoms with E-state index in [2.05, 4.69) is 4.85 Å². The van der Waals surface area contributed by atoms with E-state index in [1.807, 2.05) is 20.8 Å². The Kier molecular flexibility index (Phi) is 4.65. The SMILES string of the molecule is S.[C-]#[N+]c1ccc2c(c1)C(N1C(=O)CC[C@H]1C)[C@@H](O)C(C)(C)O2. The second kappa shape index (κ2) is 6.06. The third kappa shape index (κ3) is 2.79. The van der Waals surface area contributed by atoms with E-state index >= 15 is 0 Å². The van der Waals surface area contributed by atoms with Gasteiger partial charge in [-0.05, 0) is 39.3 Å². The van der Waals surface area contributed by atoms with E-state index in [0.717, 1.165) is 12.0 Å². The Labute approximate surface area is 143 Å². The van der Waals surface area contributed by atoms with Crippen molar-refractivity contribution in [1.29, 1.82) is 0 Å². The van der Waals surface area contributed by atoms with E-state index in [9.17, 15) is 9.90 Å². The number of ether oxygens (including phenoxy) is 1. The number of likely N-dealkylation sites (tertiary alicyclic amines) is 1. The van der Waals surface area contributed by atoms with E-state index in [1.165, 1.54) is 0 Å². The van der Waals surface area contributed by atoms with Crippen molar-refractivity contribution in [2.45, 2.75) is 57.4 Å². The number of carbonyl (C=O) groups is 1. The fourth-order valence-electron chi connectivity index (χ4n) is 3.40. The van der Waals surface area contributed by atoms with Crippen LogP contribution in [-0.2, 0) is 4.79 Å². The van der Waals surface area contributed by atoms with E-state index in [-0.39, 0.29) is 25.4 Å². The molecule has 1 fully saturated rings. The molecule has 2 aliphatic heterocycles. The van der Waals surface area contributed by atoms with Crippen LogP contribution >= 0.6 is 13.5 Å². The Morgan fingerprint density at radius 1 is 1.43 bits per heavy atom. The molecule has 0 spiro atoms. The van der Waals surface area contributed by atoms with Crippen LogP contribution in [0.25, 0.3) is 4.85 Å². The van der Waals surface area contributed by atoms with Crippen LogP contribution in [0.15, 0.2) is 18.2 Å². The number of benzene rings is 1. The molecule has 5 nitrogen and oxygen atoms in total. The van der Waals surface area contributed by atoms with Gasteiger partial charge in [0.2, 0.25) is 5.91 Å². The summed E-state index contributed by atoms with van der Waals surface area (Å²) in [5, 5.41) is 10.8. The predicted molar refractivity (Wildman–Crippen MR) is 92.1 cm³/mol. The average Bonchev–Trinajstić information content (AvgIpc) is 2.80. The number of nitrogens with zero attached hydrogens (tertiary/aromatic N) is 2. The van der Waals surface area contributed by atoms with Crippen molar-refractivity contribution < 1.29 is 14.6 Å². The molecule has 1 aromatic rings. The van der Waals surface area contributed by atoms with E-state index < -0.39 is 17.7 Å². The first-order valence-corrected chi connectivity index (χ1v) is 7.55. The molecule has 1 unspecified atom stereocenters. The lowest BCUT2D eigenvalue weighted by Gasteiger charge is -2.46. The third-order valence-corrected chi connectivity index (χ3v) is 4.66. The molecule has 1 amide bonds. The van der Waals surface area contributed by atoms with Gasteiger partial charge in [0.15, 0.2) is 5.69 Å². The minimum Gasteiger partial charge on any atom is -0.485 e. The highest BCUT2D eigenvalue weighted by atomic mass is 32.1. The molecule has 1 aromatic carbocycles. The van der Waals surface area contributed by atoms with Crippen LogP contribution in [0, 0.1) is 6.57 Å². The lowest BCUT2D eigenvalue weighted by atomic mass is 9.85. The largest absolute Gasteiger partial charge is 0.485 e. The average molecular weight is 334 g/mol. The zero-order chi connectivity index (χ0) is 16.1. The lowest BCUT2D eigenvalue weighted by Crippen LogP contribution is -2.55. The number of aliphatic hydroxyl groups is 1. The Morgan fingerprint density at radius 3 is 2.70 bits per heavy atom. The molecule has 1 N–H and O–H groups in total. The van der Waals surface area contributed by atoms with Crippen molar-refractivity contribution in [2.24, 2.45) is 0 Å². The summed E-state index contributed by atoms with van der Waals surface area (Å²) in [4.78, 5) is 17.5. The van der Waals surface area contributed by atoms with Gasteiger partial charge < -0.3 is 14.7 Å². The summed E-state index contributed by atoms with van der Waals surface area (Å²) >= 11 is 0. The number of amides is 1. The molecule has 0 radical (unpaired) electrons. The topological polar surface area (TPSA) is 54.1 Å². The molecule has 0 aliphatic carbocycles. The van der Waals surface area contributed by atoms with Gasteiger partial charge in [0, 0.05) is 18.0 Å². The van der Waals surface area contributed by atoms with Crippen LogP contribution in [0.5, 0.6) is 5.75 Å². The summed E-state index contributed by atoms with van der Waals surface area (Å²) in [6.07, 6.45) is 0.454. The van der Waals surface area contributed by atoms with Gasteiger partial charge >= 0.3 is 0 Å². The smallest absolute Gasteiger partial charge is 0.223 e. The molecule has 0 saturated carbocycles. The molecule has 3 rings (SSSR count). The fourth-order valence-corrected chi connectivity index (χ4v) is 3.40. The minimum atomic E-state index is -0.842. The minimum absolute atomic E-state index is 0. The molecule has 124 valence electrons. The van der Waals surface area contributed by atoms with Gasteiger partial charge in [-0.3, -0.25) is 4.79 Å². The maximum Gasteiger partial charge on any atom is 0.223 e. The van der Waals surface area contributed by atoms with Gasteiger partial charge in [-0.2, -0.15) is 13.5 Å². The quantitative estimate of drug-likeness (QED) is 0.804. The van der Waals surface area contributed by atoms with Crippen molar-refractivity contribution in [3.63, 3.8) is 0 Å². The van der Waals surface area contributed by atoms with Crippen molar-refractivity contribution in [1.82, 2.24) is 4.90 Å². The van der Waals surface area contributed by atoms with Gasteiger partial charge in [0.25, 0.3) is 0 Å². The molecular weight excluding hydrogens is 312 g/mol. The van der Waals surface area contributed by atoms with Crippen molar-refractivity contribution in [3.8, 4) is 5.75 Å².